The standard InChI is InChI=1S/C6H11N6O4P/c1-3-9-10-5-4(7)8-6(11-12(3)5)15-2-16-17(13)14/h4,13-14H,2,7H2,1H3,(H,8,11). The third-order valence-electron chi connectivity index (χ3n) is 1.94. The zero-order valence-electron chi connectivity index (χ0n) is 8.81. The molecule has 1 atom stereocenters. The second-order valence-electron chi connectivity index (χ2n) is 3.08. The summed E-state index contributed by atoms with van der Waals surface area (Å²) in [5.41, 5.74) is 8.47. The summed E-state index contributed by atoms with van der Waals surface area (Å²) < 4.78 is 11.0. The summed E-state index contributed by atoms with van der Waals surface area (Å²) >= 11 is 0. The van der Waals surface area contributed by atoms with Crippen LogP contribution in [0.1, 0.15) is 17.8 Å². The van der Waals surface area contributed by atoms with Crippen LogP contribution in [0.15, 0.2) is 4.99 Å². The van der Waals surface area contributed by atoms with Gasteiger partial charge in [0.25, 0.3) is 0 Å². The first-order valence-corrected chi connectivity index (χ1v) is 5.70. The molecule has 0 aromatic carbocycles. The quantitative estimate of drug-likeness (QED) is 0.387. The molecule has 2 heterocycles. The number of amidine groups is 1. The van der Waals surface area contributed by atoms with E-state index in [1.807, 2.05) is 0 Å². The minimum atomic E-state index is -2.46. The highest BCUT2D eigenvalue weighted by molar-refractivity contribution is 7.39. The average molecular weight is 262 g/mol. The van der Waals surface area contributed by atoms with Gasteiger partial charge in [-0.15, -0.1) is 10.2 Å². The number of aryl methyl sites for hydroxylation is 1. The van der Waals surface area contributed by atoms with E-state index in [9.17, 15) is 0 Å². The lowest BCUT2D eigenvalue weighted by Gasteiger charge is -2.20. The van der Waals surface area contributed by atoms with Gasteiger partial charge >= 0.3 is 14.6 Å². The summed E-state index contributed by atoms with van der Waals surface area (Å²) in [5.74, 6) is 1.06. The van der Waals surface area contributed by atoms with Crippen molar-refractivity contribution in [3.8, 4) is 0 Å². The molecule has 0 radical (unpaired) electrons. The first-order chi connectivity index (χ1) is 8.08. The van der Waals surface area contributed by atoms with E-state index >= 15 is 0 Å². The number of hydrogen-bond donors (Lipinski definition) is 4. The molecule has 0 amide bonds. The van der Waals surface area contributed by atoms with Gasteiger partial charge in [0.2, 0.25) is 6.79 Å². The Morgan fingerprint density at radius 2 is 2.29 bits per heavy atom. The number of nitrogens with one attached hydrogen (secondary N) is 1. The third-order valence-corrected chi connectivity index (χ3v) is 2.28. The fourth-order valence-corrected chi connectivity index (χ4v) is 1.36. The maximum absolute atomic E-state index is 8.51. The maximum Gasteiger partial charge on any atom is 0.330 e. The topological polar surface area (TPSA) is 140 Å². The van der Waals surface area contributed by atoms with Crippen LogP contribution in [0.5, 0.6) is 0 Å². The van der Waals surface area contributed by atoms with E-state index in [1.54, 1.807) is 6.92 Å². The number of fused-ring (bicyclic) bond motifs is 1. The lowest BCUT2D eigenvalue weighted by atomic mass is 10.5. The number of aliphatic imine (C=N–C) groups is 1. The van der Waals surface area contributed by atoms with Crippen molar-refractivity contribution in [1.82, 2.24) is 14.9 Å². The van der Waals surface area contributed by atoms with Crippen LogP contribution in [0.3, 0.4) is 0 Å². The van der Waals surface area contributed by atoms with Gasteiger partial charge in [0, 0.05) is 0 Å². The highest BCUT2D eigenvalue weighted by Crippen LogP contribution is 2.23. The molecule has 0 saturated carbocycles. The fourth-order valence-electron chi connectivity index (χ4n) is 1.22. The first kappa shape index (κ1) is 12.1. The number of nitrogens with zero attached hydrogens (tertiary/aromatic N) is 4. The highest BCUT2D eigenvalue weighted by Gasteiger charge is 2.23. The lowest BCUT2D eigenvalue weighted by molar-refractivity contribution is 0.0927. The Bertz CT molecular complexity index is 434. The Morgan fingerprint density at radius 3 is 3.00 bits per heavy atom. The van der Waals surface area contributed by atoms with Crippen molar-refractivity contribution in [3.63, 3.8) is 0 Å². The molecule has 0 spiro atoms. The van der Waals surface area contributed by atoms with Crippen molar-refractivity contribution in [3.05, 3.63) is 11.6 Å². The molecule has 0 fully saturated rings. The molecular formula is C6H11N6O4P. The van der Waals surface area contributed by atoms with Crippen LogP contribution in [-0.4, -0.2) is 37.5 Å². The van der Waals surface area contributed by atoms with Crippen LogP contribution >= 0.6 is 8.60 Å². The minimum absolute atomic E-state index is 0.0877. The van der Waals surface area contributed by atoms with Crippen molar-refractivity contribution >= 4 is 14.6 Å². The highest BCUT2D eigenvalue weighted by atomic mass is 31.2. The van der Waals surface area contributed by atoms with E-state index in [2.05, 4.69) is 25.1 Å². The van der Waals surface area contributed by atoms with Crippen molar-refractivity contribution in [2.24, 2.45) is 10.7 Å². The molecule has 5 N–H and O–H groups in total. The zero-order chi connectivity index (χ0) is 12.4. The van der Waals surface area contributed by atoms with E-state index in [0.717, 1.165) is 0 Å². The summed E-state index contributed by atoms with van der Waals surface area (Å²) in [6, 6.07) is 0.0877. The SMILES string of the molecule is Cc1nnc2n1NC(OCOP(O)O)=NC2N. The molecule has 17 heavy (non-hydrogen) atoms. The monoisotopic (exact) mass is 262 g/mol. The zero-order valence-corrected chi connectivity index (χ0v) is 9.70. The second kappa shape index (κ2) is 4.90. The van der Waals surface area contributed by atoms with Gasteiger partial charge in [0.1, 0.15) is 5.82 Å². The van der Waals surface area contributed by atoms with E-state index < -0.39 is 14.8 Å². The van der Waals surface area contributed by atoms with Crippen LogP contribution in [0, 0.1) is 6.92 Å². The number of rotatable bonds is 3. The smallest absolute Gasteiger partial charge is 0.330 e. The average Bonchev–Trinajstić information content (AvgIpc) is 2.61. The Kier molecular flexibility index (Phi) is 3.50. The van der Waals surface area contributed by atoms with E-state index in [1.165, 1.54) is 4.68 Å². The molecule has 2 rings (SSSR count). The van der Waals surface area contributed by atoms with Crippen LogP contribution in [0.25, 0.3) is 0 Å². The number of aromatic nitrogens is 3. The molecule has 1 aliphatic rings. The third kappa shape index (κ3) is 2.68. The predicted molar refractivity (Wildman–Crippen MR) is 56.9 cm³/mol. The molecule has 1 unspecified atom stereocenters. The fraction of sp³-hybridized carbons (Fsp3) is 0.500. The van der Waals surface area contributed by atoms with Gasteiger partial charge in [-0.05, 0) is 6.92 Å². The van der Waals surface area contributed by atoms with Gasteiger partial charge in [0.05, 0.1) is 0 Å². The molecule has 0 bridgehead atoms. The molecule has 0 saturated heterocycles. The van der Waals surface area contributed by atoms with Gasteiger partial charge < -0.3 is 20.3 Å². The van der Waals surface area contributed by atoms with Crippen molar-refractivity contribution in [2.45, 2.75) is 13.1 Å². The molecular weight excluding hydrogens is 251 g/mol. The van der Waals surface area contributed by atoms with Gasteiger partial charge in [-0.1, -0.05) is 0 Å². The molecule has 10 nitrogen and oxygen atoms in total. The minimum Gasteiger partial charge on any atom is -0.436 e. The van der Waals surface area contributed by atoms with E-state index in [0.29, 0.717) is 11.6 Å². The summed E-state index contributed by atoms with van der Waals surface area (Å²) in [6.07, 6.45) is -0.697. The summed E-state index contributed by atoms with van der Waals surface area (Å²) in [5, 5.41) is 7.66. The van der Waals surface area contributed by atoms with Gasteiger partial charge in [-0.25, -0.2) is 15.1 Å². The first-order valence-electron chi connectivity index (χ1n) is 4.54. The lowest BCUT2D eigenvalue weighted by Crippen LogP contribution is -2.35. The molecule has 1 aromatic heterocycles. The number of ether oxygens (including phenoxy) is 1. The van der Waals surface area contributed by atoms with Crippen LogP contribution in [0.2, 0.25) is 0 Å². The Morgan fingerprint density at radius 1 is 1.53 bits per heavy atom. The normalized spacial score (nSPS) is 18.6. The van der Waals surface area contributed by atoms with Crippen molar-refractivity contribution in [1.29, 1.82) is 0 Å². The van der Waals surface area contributed by atoms with Crippen molar-refractivity contribution in [2.75, 3.05) is 12.2 Å². The van der Waals surface area contributed by atoms with E-state index in [4.69, 9.17) is 20.3 Å². The Balaban J connectivity index is 2.00. The number of nitrogens with two attached hydrogens (primary N) is 1. The molecule has 11 heteroatoms. The van der Waals surface area contributed by atoms with E-state index in [-0.39, 0.29) is 12.8 Å². The molecule has 1 aliphatic heterocycles. The largest absolute Gasteiger partial charge is 0.436 e. The molecule has 0 aliphatic carbocycles. The van der Waals surface area contributed by atoms with Gasteiger partial charge in [-0.2, -0.15) is 0 Å². The van der Waals surface area contributed by atoms with Crippen LogP contribution in [-0.2, 0) is 9.26 Å². The maximum atomic E-state index is 8.51. The Labute approximate surface area is 97.0 Å². The van der Waals surface area contributed by atoms with Crippen LogP contribution < -0.4 is 11.2 Å². The predicted octanol–water partition coefficient (Wildman–Crippen LogP) is -1.34. The van der Waals surface area contributed by atoms with Gasteiger partial charge in [0.15, 0.2) is 12.0 Å². The summed E-state index contributed by atoms with van der Waals surface area (Å²) in [7, 11) is -2.46. The number of hydrogen-bond acceptors (Lipinski definition) is 9. The van der Waals surface area contributed by atoms with Crippen molar-refractivity contribution < 1.29 is 19.0 Å². The second-order valence-corrected chi connectivity index (χ2v) is 3.84. The summed E-state index contributed by atoms with van der Waals surface area (Å²) in [4.78, 5) is 21.0. The summed E-state index contributed by atoms with van der Waals surface area (Å²) in [6.45, 7) is 1.38. The van der Waals surface area contributed by atoms with Crippen LogP contribution in [0.4, 0.5) is 0 Å². The Hall–Kier alpha value is -1.32. The molecule has 1 aromatic rings. The molecule has 94 valence electrons. The van der Waals surface area contributed by atoms with Gasteiger partial charge in [-0.3, -0.25) is 4.52 Å².